The molecule has 0 bridgehead atoms. The van der Waals surface area contributed by atoms with E-state index in [1.165, 1.54) is 46.3 Å². The standard InChI is InChI=1S/C25H38N4OS/c1-6-17(2)22-26-23(21-18-10-8-7-9-11-19(18)31-24(21)27-22)29-14-12-28(13-15-29)20(30)16-25(3,4)5/h17H,6-16H2,1-5H3/t17-/m0/s1. The molecule has 0 saturated carbocycles. The summed E-state index contributed by atoms with van der Waals surface area (Å²) in [5.41, 5.74) is 1.54. The Bertz CT molecular complexity index is 937. The molecular formula is C25H38N4OS. The molecule has 2 aromatic heterocycles. The monoisotopic (exact) mass is 442 g/mol. The number of anilines is 1. The molecule has 3 heterocycles. The van der Waals surface area contributed by atoms with Gasteiger partial charge in [-0.3, -0.25) is 4.79 Å². The molecule has 6 heteroatoms. The van der Waals surface area contributed by atoms with Crippen molar-refractivity contribution in [2.75, 3.05) is 31.1 Å². The van der Waals surface area contributed by atoms with Gasteiger partial charge in [0.1, 0.15) is 16.5 Å². The van der Waals surface area contributed by atoms with E-state index in [1.807, 2.05) is 16.2 Å². The van der Waals surface area contributed by atoms with Crippen LogP contribution < -0.4 is 4.90 Å². The summed E-state index contributed by atoms with van der Waals surface area (Å²) in [5, 5.41) is 1.31. The SMILES string of the molecule is CC[C@H](C)c1nc(N2CCN(C(=O)CC(C)(C)C)CC2)c2c3c(sc2n1)CCCCC3. The van der Waals surface area contributed by atoms with Crippen LogP contribution in [-0.2, 0) is 17.6 Å². The largest absolute Gasteiger partial charge is 0.352 e. The number of aromatic nitrogens is 2. The highest BCUT2D eigenvalue weighted by molar-refractivity contribution is 7.19. The van der Waals surface area contributed by atoms with Gasteiger partial charge in [-0.2, -0.15) is 0 Å². The summed E-state index contributed by atoms with van der Waals surface area (Å²) in [4.78, 5) is 30.1. The maximum atomic E-state index is 12.7. The Morgan fingerprint density at radius 2 is 1.77 bits per heavy atom. The van der Waals surface area contributed by atoms with Crippen molar-refractivity contribution in [2.45, 2.75) is 85.5 Å². The molecule has 0 N–H and O–H groups in total. The van der Waals surface area contributed by atoms with Gasteiger partial charge in [0.15, 0.2) is 0 Å². The summed E-state index contributed by atoms with van der Waals surface area (Å²) in [6, 6.07) is 0. The van der Waals surface area contributed by atoms with E-state index in [0.717, 1.165) is 50.7 Å². The maximum Gasteiger partial charge on any atom is 0.223 e. The number of thiophene rings is 1. The second-order valence-corrected chi connectivity index (χ2v) is 11.6. The average Bonchev–Trinajstić information content (AvgIpc) is 2.92. The molecular weight excluding hydrogens is 404 g/mol. The normalized spacial score (nSPS) is 18.7. The van der Waals surface area contributed by atoms with Crippen LogP contribution in [-0.4, -0.2) is 47.0 Å². The van der Waals surface area contributed by atoms with Crippen LogP contribution >= 0.6 is 11.3 Å². The summed E-state index contributed by atoms with van der Waals surface area (Å²) in [5.74, 6) is 2.75. The Hall–Kier alpha value is -1.69. The van der Waals surface area contributed by atoms with Gasteiger partial charge >= 0.3 is 0 Å². The number of aryl methyl sites for hydroxylation is 2. The van der Waals surface area contributed by atoms with Crippen molar-refractivity contribution >= 4 is 33.3 Å². The van der Waals surface area contributed by atoms with Crippen LogP contribution in [0.4, 0.5) is 5.82 Å². The topological polar surface area (TPSA) is 49.3 Å². The third-order valence-corrected chi connectivity index (χ3v) is 7.92. The zero-order valence-electron chi connectivity index (χ0n) is 20.0. The van der Waals surface area contributed by atoms with Gasteiger partial charge in [-0.15, -0.1) is 11.3 Å². The van der Waals surface area contributed by atoms with Crippen LogP contribution in [0.5, 0.6) is 0 Å². The van der Waals surface area contributed by atoms with Gasteiger partial charge < -0.3 is 9.80 Å². The number of hydrogen-bond acceptors (Lipinski definition) is 5. The van der Waals surface area contributed by atoms with E-state index < -0.39 is 0 Å². The average molecular weight is 443 g/mol. The number of piperazine rings is 1. The zero-order valence-corrected chi connectivity index (χ0v) is 20.8. The lowest BCUT2D eigenvalue weighted by atomic mass is 9.91. The van der Waals surface area contributed by atoms with Gasteiger partial charge in [0.25, 0.3) is 0 Å². The van der Waals surface area contributed by atoms with Crippen molar-refractivity contribution in [2.24, 2.45) is 5.41 Å². The van der Waals surface area contributed by atoms with Gasteiger partial charge in [-0.05, 0) is 43.1 Å². The van der Waals surface area contributed by atoms with E-state index in [9.17, 15) is 4.79 Å². The maximum absolute atomic E-state index is 12.7. The van der Waals surface area contributed by atoms with Crippen molar-refractivity contribution in [3.8, 4) is 0 Å². The van der Waals surface area contributed by atoms with Crippen LogP contribution in [0.1, 0.15) is 88.9 Å². The number of rotatable bonds is 4. The molecule has 1 atom stereocenters. The first-order valence-corrected chi connectivity index (χ1v) is 12.9. The molecule has 0 unspecified atom stereocenters. The summed E-state index contributed by atoms with van der Waals surface area (Å²) in [6.07, 6.45) is 7.86. The first-order valence-electron chi connectivity index (χ1n) is 12.1. The molecule has 0 spiro atoms. The van der Waals surface area contributed by atoms with Crippen LogP contribution in [0.25, 0.3) is 10.2 Å². The lowest BCUT2D eigenvalue weighted by molar-refractivity contribution is -0.133. The first-order chi connectivity index (χ1) is 14.8. The highest BCUT2D eigenvalue weighted by Gasteiger charge is 2.29. The molecule has 1 saturated heterocycles. The molecule has 1 fully saturated rings. The van der Waals surface area contributed by atoms with Gasteiger partial charge in [0.05, 0.1) is 5.39 Å². The van der Waals surface area contributed by atoms with Gasteiger partial charge in [-0.25, -0.2) is 9.97 Å². The van der Waals surface area contributed by atoms with E-state index in [1.54, 1.807) is 0 Å². The second-order valence-electron chi connectivity index (χ2n) is 10.6. The molecule has 170 valence electrons. The minimum absolute atomic E-state index is 0.0342. The molecule has 4 rings (SSSR count). The minimum atomic E-state index is 0.0342. The molecule has 1 aliphatic heterocycles. The Morgan fingerprint density at radius 3 is 2.45 bits per heavy atom. The quantitative estimate of drug-likeness (QED) is 0.582. The van der Waals surface area contributed by atoms with Crippen molar-refractivity contribution < 1.29 is 4.79 Å². The van der Waals surface area contributed by atoms with E-state index >= 15 is 0 Å². The van der Waals surface area contributed by atoms with Crippen LogP contribution in [0.3, 0.4) is 0 Å². The van der Waals surface area contributed by atoms with E-state index in [0.29, 0.717) is 12.3 Å². The van der Waals surface area contributed by atoms with Crippen molar-refractivity contribution in [1.29, 1.82) is 0 Å². The highest BCUT2D eigenvalue weighted by Crippen LogP contribution is 2.40. The number of fused-ring (bicyclic) bond motifs is 3. The number of carbonyl (C=O) groups excluding carboxylic acids is 1. The van der Waals surface area contributed by atoms with Gasteiger partial charge in [0, 0.05) is 43.4 Å². The summed E-state index contributed by atoms with van der Waals surface area (Å²) >= 11 is 1.90. The Labute approximate surface area is 191 Å². The fourth-order valence-electron chi connectivity index (χ4n) is 4.70. The summed E-state index contributed by atoms with van der Waals surface area (Å²) in [7, 11) is 0. The molecule has 31 heavy (non-hydrogen) atoms. The van der Waals surface area contributed by atoms with E-state index in [2.05, 4.69) is 39.5 Å². The Morgan fingerprint density at radius 1 is 1.06 bits per heavy atom. The lowest BCUT2D eigenvalue weighted by Gasteiger charge is -2.37. The first kappa shape index (κ1) is 22.5. The minimum Gasteiger partial charge on any atom is -0.352 e. The smallest absolute Gasteiger partial charge is 0.223 e. The zero-order chi connectivity index (χ0) is 22.2. The van der Waals surface area contributed by atoms with Crippen molar-refractivity contribution in [3.63, 3.8) is 0 Å². The molecule has 2 aromatic rings. The predicted molar refractivity (Wildman–Crippen MR) is 130 cm³/mol. The third-order valence-electron chi connectivity index (χ3n) is 6.73. The highest BCUT2D eigenvalue weighted by atomic mass is 32.1. The van der Waals surface area contributed by atoms with E-state index in [-0.39, 0.29) is 11.3 Å². The van der Waals surface area contributed by atoms with Crippen LogP contribution in [0, 0.1) is 5.41 Å². The Balaban J connectivity index is 1.65. The van der Waals surface area contributed by atoms with E-state index in [4.69, 9.17) is 9.97 Å². The number of hydrogen-bond donors (Lipinski definition) is 0. The number of carbonyl (C=O) groups is 1. The molecule has 0 aromatic carbocycles. The lowest BCUT2D eigenvalue weighted by Crippen LogP contribution is -2.49. The van der Waals surface area contributed by atoms with Crippen LogP contribution in [0.2, 0.25) is 0 Å². The second kappa shape index (κ2) is 9.05. The number of amides is 1. The van der Waals surface area contributed by atoms with Gasteiger partial charge in [0.2, 0.25) is 5.91 Å². The number of nitrogens with zero attached hydrogens (tertiary/aromatic N) is 4. The molecule has 2 aliphatic rings. The molecule has 1 aliphatic carbocycles. The molecule has 1 amide bonds. The predicted octanol–water partition coefficient (Wildman–Crippen LogP) is 5.56. The van der Waals surface area contributed by atoms with Crippen molar-refractivity contribution in [3.05, 3.63) is 16.3 Å². The van der Waals surface area contributed by atoms with Crippen molar-refractivity contribution in [1.82, 2.24) is 14.9 Å². The summed E-state index contributed by atoms with van der Waals surface area (Å²) in [6.45, 7) is 14.1. The third kappa shape index (κ3) is 4.89. The van der Waals surface area contributed by atoms with Crippen LogP contribution in [0.15, 0.2) is 0 Å². The molecule has 5 nitrogen and oxygen atoms in total. The summed E-state index contributed by atoms with van der Waals surface area (Å²) < 4.78 is 0. The fourth-order valence-corrected chi connectivity index (χ4v) is 5.96. The Kier molecular flexibility index (Phi) is 6.57. The fraction of sp³-hybridized carbons (Fsp3) is 0.720. The molecule has 0 radical (unpaired) electrons. The van der Waals surface area contributed by atoms with Gasteiger partial charge in [-0.1, -0.05) is 41.0 Å².